The maximum absolute atomic E-state index is 11.6. The van der Waals surface area contributed by atoms with E-state index in [4.69, 9.17) is 14.9 Å². The molecule has 5 heteroatoms. The van der Waals surface area contributed by atoms with Crippen molar-refractivity contribution in [2.75, 3.05) is 20.2 Å². The molecule has 0 fully saturated rings. The van der Waals surface area contributed by atoms with E-state index in [9.17, 15) is 4.79 Å². The summed E-state index contributed by atoms with van der Waals surface area (Å²) in [5, 5.41) is 3.66. The van der Waals surface area contributed by atoms with Crippen LogP contribution in [0.5, 0.6) is 5.75 Å². The standard InChI is InChI=1S/C13H16N2O3/c1-17-10-2-3-11-9(8-18-12(11)7-10)6-13(16)15-5-4-14/h2-3,7-8H,4-6,14H2,1H3,(H,15,16). The number of fused-ring (bicyclic) bond motifs is 1. The number of nitrogens with one attached hydrogen (secondary N) is 1. The summed E-state index contributed by atoms with van der Waals surface area (Å²) in [4.78, 5) is 11.6. The van der Waals surface area contributed by atoms with Crippen LogP contribution in [0.3, 0.4) is 0 Å². The molecule has 1 aromatic carbocycles. The molecule has 0 aliphatic heterocycles. The van der Waals surface area contributed by atoms with Crippen LogP contribution in [0.1, 0.15) is 5.56 Å². The van der Waals surface area contributed by atoms with Crippen LogP contribution >= 0.6 is 0 Å². The third-order valence-corrected chi connectivity index (χ3v) is 2.68. The van der Waals surface area contributed by atoms with Crippen molar-refractivity contribution in [2.45, 2.75) is 6.42 Å². The maximum Gasteiger partial charge on any atom is 0.224 e. The van der Waals surface area contributed by atoms with Gasteiger partial charge in [0.05, 0.1) is 19.8 Å². The number of nitrogens with two attached hydrogens (primary N) is 1. The Morgan fingerprint density at radius 1 is 1.50 bits per heavy atom. The highest BCUT2D eigenvalue weighted by Crippen LogP contribution is 2.25. The summed E-state index contributed by atoms with van der Waals surface area (Å²) in [5.74, 6) is 0.676. The predicted molar refractivity (Wildman–Crippen MR) is 68.5 cm³/mol. The van der Waals surface area contributed by atoms with E-state index in [1.165, 1.54) is 0 Å². The quantitative estimate of drug-likeness (QED) is 0.829. The van der Waals surface area contributed by atoms with Crippen LogP contribution in [0, 0.1) is 0 Å². The molecular formula is C13H16N2O3. The zero-order valence-corrected chi connectivity index (χ0v) is 10.2. The first-order chi connectivity index (χ1) is 8.74. The zero-order valence-electron chi connectivity index (χ0n) is 10.2. The summed E-state index contributed by atoms with van der Waals surface area (Å²) in [6.45, 7) is 0.928. The van der Waals surface area contributed by atoms with E-state index in [2.05, 4.69) is 5.32 Å². The number of hydrogen-bond acceptors (Lipinski definition) is 4. The average Bonchev–Trinajstić information content (AvgIpc) is 2.78. The number of hydrogen-bond donors (Lipinski definition) is 2. The third-order valence-electron chi connectivity index (χ3n) is 2.68. The maximum atomic E-state index is 11.6. The SMILES string of the molecule is COc1ccc2c(CC(=O)NCCN)coc2c1. The molecule has 0 saturated heterocycles. The van der Waals surface area contributed by atoms with E-state index in [-0.39, 0.29) is 5.91 Å². The molecule has 0 unspecified atom stereocenters. The summed E-state index contributed by atoms with van der Waals surface area (Å²) >= 11 is 0. The predicted octanol–water partition coefficient (Wildman–Crippen LogP) is 1.06. The van der Waals surface area contributed by atoms with Crippen molar-refractivity contribution in [3.63, 3.8) is 0 Å². The zero-order chi connectivity index (χ0) is 13.0. The molecule has 1 heterocycles. The van der Waals surface area contributed by atoms with E-state index in [0.29, 0.717) is 19.5 Å². The molecule has 0 bridgehead atoms. The van der Waals surface area contributed by atoms with Crippen molar-refractivity contribution in [1.29, 1.82) is 0 Å². The van der Waals surface area contributed by atoms with Crippen LogP contribution in [-0.2, 0) is 11.2 Å². The molecule has 1 aromatic heterocycles. The van der Waals surface area contributed by atoms with Crippen molar-refractivity contribution in [2.24, 2.45) is 5.73 Å². The Labute approximate surface area is 105 Å². The van der Waals surface area contributed by atoms with Gasteiger partial charge in [0.2, 0.25) is 5.91 Å². The summed E-state index contributed by atoms with van der Waals surface area (Å²) in [6.07, 6.45) is 1.89. The first kappa shape index (κ1) is 12.4. The third kappa shape index (κ3) is 2.62. The van der Waals surface area contributed by atoms with Crippen LogP contribution in [-0.4, -0.2) is 26.1 Å². The molecule has 3 N–H and O–H groups in total. The van der Waals surface area contributed by atoms with E-state index < -0.39 is 0 Å². The minimum Gasteiger partial charge on any atom is -0.497 e. The largest absolute Gasteiger partial charge is 0.497 e. The first-order valence-electron chi connectivity index (χ1n) is 5.75. The van der Waals surface area contributed by atoms with Gasteiger partial charge in [0.1, 0.15) is 11.3 Å². The lowest BCUT2D eigenvalue weighted by atomic mass is 10.1. The highest BCUT2D eigenvalue weighted by atomic mass is 16.5. The topological polar surface area (TPSA) is 77.5 Å². The molecule has 2 rings (SSSR count). The fourth-order valence-electron chi connectivity index (χ4n) is 1.77. The number of amides is 1. The number of furan rings is 1. The fraction of sp³-hybridized carbons (Fsp3) is 0.308. The molecule has 1 amide bonds. The number of ether oxygens (including phenoxy) is 1. The van der Waals surface area contributed by atoms with Crippen molar-refractivity contribution >= 4 is 16.9 Å². The van der Waals surface area contributed by atoms with Gasteiger partial charge >= 0.3 is 0 Å². The summed E-state index contributed by atoms with van der Waals surface area (Å²) in [5.41, 5.74) is 6.91. The van der Waals surface area contributed by atoms with Crippen molar-refractivity contribution in [3.05, 3.63) is 30.0 Å². The normalized spacial score (nSPS) is 10.6. The highest BCUT2D eigenvalue weighted by Gasteiger charge is 2.10. The molecule has 0 spiro atoms. The fourth-order valence-corrected chi connectivity index (χ4v) is 1.77. The van der Waals surface area contributed by atoms with Gasteiger partial charge in [-0.2, -0.15) is 0 Å². The number of rotatable bonds is 5. The molecule has 0 saturated carbocycles. The molecule has 2 aromatic rings. The average molecular weight is 248 g/mol. The smallest absolute Gasteiger partial charge is 0.224 e. The van der Waals surface area contributed by atoms with Crippen LogP contribution in [0.2, 0.25) is 0 Å². The lowest BCUT2D eigenvalue weighted by Crippen LogP contribution is -2.30. The molecule has 5 nitrogen and oxygen atoms in total. The van der Waals surface area contributed by atoms with Gasteiger partial charge in [-0.3, -0.25) is 4.79 Å². The number of methoxy groups -OCH3 is 1. The lowest BCUT2D eigenvalue weighted by molar-refractivity contribution is -0.120. The lowest BCUT2D eigenvalue weighted by Gasteiger charge is -2.02. The van der Waals surface area contributed by atoms with Crippen LogP contribution in [0.25, 0.3) is 11.0 Å². The number of carbonyl (C=O) groups excluding carboxylic acids is 1. The van der Waals surface area contributed by atoms with E-state index in [1.54, 1.807) is 19.4 Å². The second kappa shape index (κ2) is 5.55. The Morgan fingerprint density at radius 2 is 2.33 bits per heavy atom. The Bertz CT molecular complexity index is 548. The van der Waals surface area contributed by atoms with Gasteiger partial charge in [0.15, 0.2) is 0 Å². The Balaban J connectivity index is 2.16. The van der Waals surface area contributed by atoms with E-state index in [1.807, 2.05) is 12.1 Å². The van der Waals surface area contributed by atoms with Crippen molar-refractivity contribution in [1.82, 2.24) is 5.32 Å². The second-order valence-corrected chi connectivity index (χ2v) is 3.94. The summed E-state index contributed by atoms with van der Waals surface area (Å²) < 4.78 is 10.5. The second-order valence-electron chi connectivity index (χ2n) is 3.94. The van der Waals surface area contributed by atoms with Crippen molar-refractivity contribution in [3.8, 4) is 5.75 Å². The van der Waals surface area contributed by atoms with Gasteiger partial charge in [0, 0.05) is 30.1 Å². The highest BCUT2D eigenvalue weighted by molar-refractivity contribution is 5.88. The van der Waals surface area contributed by atoms with Gasteiger partial charge in [-0.15, -0.1) is 0 Å². The number of carbonyl (C=O) groups is 1. The van der Waals surface area contributed by atoms with Crippen LogP contribution in [0.15, 0.2) is 28.9 Å². The molecule has 18 heavy (non-hydrogen) atoms. The Kier molecular flexibility index (Phi) is 3.84. The number of benzene rings is 1. The molecule has 96 valence electrons. The Morgan fingerprint density at radius 3 is 3.06 bits per heavy atom. The van der Waals surface area contributed by atoms with Gasteiger partial charge in [-0.25, -0.2) is 0 Å². The van der Waals surface area contributed by atoms with Gasteiger partial charge in [-0.1, -0.05) is 0 Å². The van der Waals surface area contributed by atoms with Crippen molar-refractivity contribution < 1.29 is 13.9 Å². The monoisotopic (exact) mass is 248 g/mol. The van der Waals surface area contributed by atoms with Gasteiger partial charge in [0.25, 0.3) is 0 Å². The molecular weight excluding hydrogens is 232 g/mol. The van der Waals surface area contributed by atoms with Gasteiger partial charge < -0.3 is 20.2 Å². The molecule has 0 aliphatic rings. The molecule has 0 atom stereocenters. The minimum atomic E-state index is -0.0565. The Hall–Kier alpha value is -2.01. The summed E-state index contributed by atoms with van der Waals surface area (Å²) in [7, 11) is 1.60. The summed E-state index contributed by atoms with van der Waals surface area (Å²) in [6, 6.07) is 5.54. The minimum absolute atomic E-state index is 0.0565. The van der Waals surface area contributed by atoms with Crippen LogP contribution < -0.4 is 15.8 Å². The molecule has 0 aliphatic carbocycles. The first-order valence-corrected chi connectivity index (χ1v) is 5.75. The molecule has 0 radical (unpaired) electrons. The van der Waals surface area contributed by atoms with Crippen LogP contribution in [0.4, 0.5) is 0 Å². The van der Waals surface area contributed by atoms with E-state index in [0.717, 1.165) is 22.3 Å². The van der Waals surface area contributed by atoms with Gasteiger partial charge in [-0.05, 0) is 12.1 Å². The van der Waals surface area contributed by atoms with E-state index >= 15 is 0 Å².